The molecule has 4 aliphatic rings. The summed E-state index contributed by atoms with van der Waals surface area (Å²) in [4.78, 5) is 4.43. The van der Waals surface area contributed by atoms with Crippen molar-refractivity contribution in [3.8, 4) is 0 Å². The normalized spacial score (nSPS) is 19.3. The highest BCUT2D eigenvalue weighted by Crippen LogP contribution is 2.68. The van der Waals surface area contributed by atoms with Crippen molar-refractivity contribution in [3.05, 3.63) is 392 Å². The summed E-state index contributed by atoms with van der Waals surface area (Å²) in [6.07, 6.45) is 0. The van der Waals surface area contributed by atoms with E-state index >= 15 is 4.57 Å². The Balaban J connectivity index is 0.000000122. The number of halogens is 2. The van der Waals surface area contributed by atoms with Crippen molar-refractivity contribution in [3.63, 3.8) is 0 Å². The van der Waals surface area contributed by atoms with Crippen LogP contribution in [0, 0.1) is 0 Å². The molecule has 0 bridgehead atoms. The maximum Gasteiger partial charge on any atom is 0.178 e. The molecule has 0 spiro atoms. The van der Waals surface area contributed by atoms with Crippen LogP contribution in [0.2, 0.25) is 39.3 Å². The third-order valence-corrected chi connectivity index (χ3v) is 43.5. The predicted octanol–water partition coefficient (Wildman–Crippen LogP) is 21.7. The number of fused-ring (bicyclic) bond motifs is 4. The first-order chi connectivity index (χ1) is 48.6. The Hall–Kier alpha value is -8.29. The zero-order chi connectivity index (χ0) is 70.9. The zero-order valence-electron chi connectivity index (χ0n) is 57.9. The number of anilines is 1. The Bertz CT molecular complexity index is 5410. The molecule has 12 aromatic rings. The van der Waals surface area contributed by atoms with E-state index in [2.05, 4.69) is 185 Å². The minimum absolute atomic E-state index is 0.795. The lowest BCUT2D eigenvalue weighted by Crippen LogP contribution is -2.28. The van der Waals surface area contributed by atoms with Crippen molar-refractivity contribution in [2.24, 2.45) is 0 Å². The minimum atomic E-state index is -3.04. The molecule has 13 heteroatoms. The number of nitrogens with zero attached hydrogens (tertiary/aromatic N) is 1. The number of benzene rings is 12. The Morgan fingerprint density at radius 3 is 0.941 bits per heavy atom. The van der Waals surface area contributed by atoms with Gasteiger partial charge in [0.15, 0.2) is 28.6 Å². The van der Waals surface area contributed by atoms with Crippen LogP contribution >= 0.6 is 60.4 Å². The van der Waals surface area contributed by atoms with E-state index in [9.17, 15) is 13.7 Å². The van der Waals surface area contributed by atoms with E-state index < -0.39 is 44.7 Å². The summed E-state index contributed by atoms with van der Waals surface area (Å²) < 4.78 is 60.0. The molecule has 0 aromatic heterocycles. The zero-order valence-corrected chi connectivity index (χ0v) is 66.6. The van der Waals surface area contributed by atoms with Crippen molar-refractivity contribution < 1.29 is 18.3 Å². The summed E-state index contributed by atoms with van der Waals surface area (Å²) in [6.45, 7) is 13.7. The van der Waals surface area contributed by atoms with E-state index in [4.69, 9.17) is 0 Å². The van der Waals surface area contributed by atoms with Crippen molar-refractivity contribution in [2.45, 2.75) is 39.3 Å². The van der Waals surface area contributed by atoms with Crippen LogP contribution < -0.4 is 47.3 Å². The van der Waals surface area contributed by atoms with E-state index in [1.54, 1.807) is 0 Å². The molecule has 16 rings (SSSR count). The molecule has 0 aliphatic carbocycles. The quantitative estimate of drug-likeness (QED) is 0.0953. The van der Waals surface area contributed by atoms with Crippen LogP contribution in [0.4, 0.5) is 5.69 Å². The highest BCUT2D eigenvalue weighted by molar-refractivity contribution is 9.15. The standard InChI is InChI=1S/C28H24NOP.C23H23OPSi.C20H14BrOP.C17H18BrOPSi/c1-29(2)23-19-17-22(18-20-23)28-27(21-11-5-3-6-12-21)25-15-9-10-16-26(25)31(28,30)24-13-7-4-8-14-24;1-26(2,3)23-22(18-12-6-4-7-13-18)20-16-10-11-17-21(20)25(23,24)19-14-8-5-9-15-19;21-20-19(15-9-3-1-4-10-15)17-13-7-8-14-18(17)23(20,22)16-11-5-2-6-12-16;1-21(2,3)17-16(18)14-11-7-8-12-15(14)20(17,19)13-9-5-4-6-10-13/h3-20H,1-2H3;4-17H,1-3H3;1-14H;4-12H,1-3H3. The molecule has 101 heavy (non-hydrogen) atoms. The number of hydrogen-bond donors (Lipinski definition) is 0. The van der Waals surface area contributed by atoms with Gasteiger partial charge in [-0.1, -0.05) is 377 Å². The molecular formula is C88H79Br2NO4P4Si2. The molecule has 0 saturated carbocycles. The monoisotopic (exact) mass is 1550 g/mol. The second-order valence-electron chi connectivity index (χ2n) is 27.7. The molecule has 0 amide bonds. The highest BCUT2D eigenvalue weighted by Gasteiger charge is 2.49. The lowest BCUT2D eigenvalue weighted by Gasteiger charge is -2.28. The fourth-order valence-corrected chi connectivity index (χ4v) is 41.4. The summed E-state index contributed by atoms with van der Waals surface area (Å²) >= 11 is 7.45. The molecule has 0 N–H and O–H groups in total. The van der Waals surface area contributed by atoms with E-state index in [1.807, 2.05) is 239 Å². The largest absolute Gasteiger partial charge is 0.378 e. The molecule has 4 heterocycles. The SMILES string of the molecule is CN(C)c1ccc(C2=C(c3ccccc3)c3ccccc3P2(=O)c2ccccc2)cc1.C[Si](C)(C)C1=C(Br)c2ccccc2P1(=O)c1ccccc1.C[Si](C)(C)C1=C(c2ccccc2)c2ccccc2P1(=O)c1ccccc1.O=P1(c2ccccc2)C(Br)=C(c2ccccc2)c2ccccc21. The Kier molecular flexibility index (Phi) is 20.6. The first-order valence-corrected chi connectivity index (χ1v) is 49.3. The van der Waals surface area contributed by atoms with Gasteiger partial charge in [0.2, 0.25) is 0 Å². The molecule has 4 atom stereocenters. The number of hydrogen-bond acceptors (Lipinski definition) is 5. The van der Waals surface area contributed by atoms with E-state index in [0.717, 1.165) is 117 Å². The van der Waals surface area contributed by atoms with Crippen molar-refractivity contribution in [1.82, 2.24) is 0 Å². The van der Waals surface area contributed by atoms with Gasteiger partial charge in [0.05, 0.1) is 20.4 Å². The van der Waals surface area contributed by atoms with Crippen LogP contribution in [0.1, 0.15) is 44.5 Å². The fourth-order valence-electron chi connectivity index (χ4n) is 14.6. The average molecular weight is 1550 g/mol. The van der Waals surface area contributed by atoms with Crippen LogP contribution in [0.25, 0.3) is 26.5 Å². The van der Waals surface area contributed by atoms with Crippen LogP contribution in [0.5, 0.6) is 0 Å². The van der Waals surface area contributed by atoms with Gasteiger partial charge in [-0.3, -0.25) is 0 Å². The first kappa shape index (κ1) is 71.1. The van der Waals surface area contributed by atoms with Crippen molar-refractivity contribution in [2.75, 3.05) is 19.0 Å². The smallest absolute Gasteiger partial charge is 0.178 e. The first-order valence-electron chi connectivity index (χ1n) is 33.9. The maximum absolute atomic E-state index is 15.1. The number of rotatable bonds is 11. The van der Waals surface area contributed by atoms with Gasteiger partial charge in [0.25, 0.3) is 0 Å². The second-order valence-corrected chi connectivity index (χ2v) is 51.4. The van der Waals surface area contributed by atoms with Gasteiger partial charge in [0, 0.05) is 83.2 Å². The lowest BCUT2D eigenvalue weighted by atomic mass is 9.96. The van der Waals surface area contributed by atoms with Gasteiger partial charge in [-0.05, 0) is 88.0 Å². The third-order valence-electron chi connectivity index (χ3n) is 18.9. The summed E-state index contributed by atoms with van der Waals surface area (Å²) in [5, 5.41) is 8.40. The van der Waals surface area contributed by atoms with Crippen molar-refractivity contribution >= 4 is 151 Å². The minimum Gasteiger partial charge on any atom is -0.378 e. The molecule has 502 valence electrons. The molecule has 0 saturated heterocycles. The Morgan fingerprint density at radius 1 is 0.267 bits per heavy atom. The molecule has 12 aromatic carbocycles. The van der Waals surface area contributed by atoms with Crippen molar-refractivity contribution in [1.29, 1.82) is 0 Å². The topological polar surface area (TPSA) is 71.5 Å². The summed E-state index contributed by atoms with van der Waals surface area (Å²) in [7, 11) is -10.9. The Labute approximate surface area is 615 Å². The summed E-state index contributed by atoms with van der Waals surface area (Å²) in [5.41, 5.74) is 13.1. The molecule has 4 unspecified atom stereocenters. The fraction of sp³-hybridized carbons (Fsp3) is 0.0909. The van der Waals surface area contributed by atoms with E-state index in [-0.39, 0.29) is 0 Å². The van der Waals surface area contributed by atoms with E-state index in [1.165, 1.54) is 16.1 Å². The van der Waals surface area contributed by atoms with Gasteiger partial charge < -0.3 is 23.2 Å². The second kappa shape index (κ2) is 29.2. The lowest BCUT2D eigenvalue weighted by molar-refractivity contribution is 0.591. The highest BCUT2D eigenvalue weighted by atomic mass is 79.9. The average Bonchev–Trinajstić information content (AvgIpc) is 1.60. The van der Waals surface area contributed by atoms with Gasteiger partial charge in [0.1, 0.15) is 0 Å². The Morgan fingerprint density at radius 2 is 0.545 bits per heavy atom. The van der Waals surface area contributed by atoms with Gasteiger partial charge in [-0.2, -0.15) is 0 Å². The van der Waals surface area contributed by atoms with Crippen LogP contribution in [-0.2, 0) is 18.3 Å². The van der Waals surface area contributed by atoms with E-state index in [0.29, 0.717) is 0 Å². The van der Waals surface area contributed by atoms with Crippen LogP contribution in [0.15, 0.2) is 348 Å². The molecule has 4 aliphatic heterocycles. The summed E-state index contributed by atoms with van der Waals surface area (Å²) in [5.74, 6) is 0. The van der Waals surface area contributed by atoms with Gasteiger partial charge >= 0.3 is 0 Å². The third kappa shape index (κ3) is 13.1. The van der Waals surface area contributed by atoms with Crippen LogP contribution in [0.3, 0.4) is 0 Å². The molecule has 0 radical (unpaired) electrons. The maximum atomic E-state index is 15.1. The molecule has 5 nitrogen and oxygen atoms in total. The van der Waals surface area contributed by atoms with Gasteiger partial charge in [-0.15, -0.1) is 0 Å². The molecular weight excluding hydrogens is 1470 g/mol. The van der Waals surface area contributed by atoms with Gasteiger partial charge in [-0.25, -0.2) is 0 Å². The molecule has 0 fully saturated rings. The summed E-state index contributed by atoms with van der Waals surface area (Å²) in [6, 6.07) is 112. The van der Waals surface area contributed by atoms with Crippen LogP contribution in [-0.4, -0.2) is 30.2 Å². The predicted molar refractivity (Wildman–Crippen MR) is 449 cm³/mol.